The van der Waals surface area contributed by atoms with E-state index in [1.54, 1.807) is 0 Å². The number of nitrogens with zero attached hydrogens (tertiary/aromatic N) is 1. The fraction of sp³-hybridized carbons (Fsp3) is 0.263. The minimum atomic E-state index is 0.182. The summed E-state index contributed by atoms with van der Waals surface area (Å²) in [6.45, 7) is 6.56. The van der Waals surface area contributed by atoms with Gasteiger partial charge in [-0.25, -0.2) is 0 Å². The Labute approximate surface area is 132 Å². The number of benzene rings is 3. The van der Waals surface area contributed by atoms with Gasteiger partial charge in [0.05, 0.1) is 5.37 Å². The van der Waals surface area contributed by atoms with Crippen LogP contribution in [0.25, 0.3) is 21.5 Å². The fourth-order valence-corrected chi connectivity index (χ4v) is 3.48. The summed E-state index contributed by atoms with van der Waals surface area (Å²) in [5, 5.41) is 5.34. The predicted molar refractivity (Wildman–Crippen MR) is 97.5 cm³/mol. The first-order valence-corrected chi connectivity index (χ1v) is 7.97. The molecule has 1 unspecified atom stereocenters. The molecule has 0 fully saturated rings. The number of rotatable bonds is 3. The molecule has 0 aromatic heterocycles. The highest BCUT2D eigenvalue weighted by atomic mass is 32.1. The van der Waals surface area contributed by atoms with Gasteiger partial charge in [-0.3, -0.25) is 0 Å². The summed E-state index contributed by atoms with van der Waals surface area (Å²) in [6, 6.07) is 20.0. The standard InChI is InChI=1S/C19H21NS/c1-13(2)20(14(3)21)19-10-6-9-17-11-15-7-4-5-8-16(15)12-18(17)19/h4-14,21H,1-3H3. The van der Waals surface area contributed by atoms with Crippen LogP contribution in [0.15, 0.2) is 54.6 Å². The molecular weight excluding hydrogens is 274 g/mol. The molecule has 0 amide bonds. The van der Waals surface area contributed by atoms with E-state index in [0.29, 0.717) is 6.04 Å². The van der Waals surface area contributed by atoms with Crippen molar-refractivity contribution in [1.29, 1.82) is 0 Å². The van der Waals surface area contributed by atoms with Crippen LogP contribution in [-0.2, 0) is 0 Å². The van der Waals surface area contributed by atoms with Crippen LogP contribution in [0, 0.1) is 0 Å². The molecule has 0 N–H and O–H groups in total. The molecule has 21 heavy (non-hydrogen) atoms. The first-order chi connectivity index (χ1) is 10.1. The van der Waals surface area contributed by atoms with Crippen molar-refractivity contribution in [3.8, 4) is 0 Å². The van der Waals surface area contributed by atoms with Gasteiger partial charge in [-0.05, 0) is 55.1 Å². The van der Waals surface area contributed by atoms with Crippen LogP contribution in [0.2, 0.25) is 0 Å². The van der Waals surface area contributed by atoms with Crippen molar-refractivity contribution in [1.82, 2.24) is 0 Å². The topological polar surface area (TPSA) is 3.24 Å². The second kappa shape index (κ2) is 5.61. The minimum Gasteiger partial charge on any atom is -0.357 e. The van der Waals surface area contributed by atoms with Crippen LogP contribution in [0.3, 0.4) is 0 Å². The average molecular weight is 295 g/mol. The molecule has 3 aromatic carbocycles. The van der Waals surface area contributed by atoms with Gasteiger partial charge in [0.2, 0.25) is 0 Å². The van der Waals surface area contributed by atoms with Gasteiger partial charge in [0.25, 0.3) is 0 Å². The maximum atomic E-state index is 4.67. The number of thiol groups is 1. The zero-order valence-corrected chi connectivity index (χ0v) is 13.6. The van der Waals surface area contributed by atoms with Crippen molar-refractivity contribution < 1.29 is 0 Å². The molecule has 0 bridgehead atoms. The quantitative estimate of drug-likeness (QED) is 0.380. The Morgan fingerprint density at radius 2 is 1.43 bits per heavy atom. The van der Waals surface area contributed by atoms with E-state index in [4.69, 9.17) is 0 Å². The summed E-state index contributed by atoms with van der Waals surface area (Å²) < 4.78 is 0. The van der Waals surface area contributed by atoms with E-state index < -0.39 is 0 Å². The van der Waals surface area contributed by atoms with Gasteiger partial charge in [0.1, 0.15) is 0 Å². The van der Waals surface area contributed by atoms with Gasteiger partial charge in [-0.15, -0.1) is 0 Å². The smallest absolute Gasteiger partial charge is 0.0696 e. The lowest BCUT2D eigenvalue weighted by atomic mass is 10.0. The van der Waals surface area contributed by atoms with Crippen LogP contribution >= 0.6 is 12.6 Å². The van der Waals surface area contributed by atoms with Crippen LogP contribution in [0.1, 0.15) is 20.8 Å². The van der Waals surface area contributed by atoms with E-state index in [1.807, 2.05) is 0 Å². The van der Waals surface area contributed by atoms with E-state index in [1.165, 1.54) is 27.2 Å². The highest BCUT2D eigenvalue weighted by Gasteiger charge is 2.17. The number of fused-ring (bicyclic) bond motifs is 2. The van der Waals surface area contributed by atoms with Gasteiger partial charge in [0.15, 0.2) is 0 Å². The molecule has 0 aliphatic carbocycles. The Hall–Kier alpha value is -1.67. The monoisotopic (exact) mass is 295 g/mol. The maximum absolute atomic E-state index is 4.67. The maximum Gasteiger partial charge on any atom is 0.0696 e. The van der Waals surface area contributed by atoms with E-state index in [-0.39, 0.29) is 5.37 Å². The van der Waals surface area contributed by atoms with Crippen LogP contribution in [0.4, 0.5) is 5.69 Å². The molecule has 3 rings (SSSR count). The molecule has 0 heterocycles. The van der Waals surface area contributed by atoms with Crippen molar-refractivity contribution in [3.63, 3.8) is 0 Å². The van der Waals surface area contributed by atoms with Gasteiger partial charge < -0.3 is 4.90 Å². The SMILES string of the molecule is CC(C)N(c1cccc2cc3ccccc3cc12)C(C)S. The molecular formula is C19H21NS. The molecule has 0 radical (unpaired) electrons. The zero-order chi connectivity index (χ0) is 15.0. The Bertz CT molecular complexity index is 769. The van der Waals surface area contributed by atoms with E-state index in [0.717, 1.165) is 0 Å². The summed E-state index contributed by atoms with van der Waals surface area (Å²) in [7, 11) is 0. The first-order valence-electron chi connectivity index (χ1n) is 7.46. The van der Waals surface area contributed by atoms with E-state index in [2.05, 4.69) is 92.9 Å². The molecule has 3 aromatic rings. The van der Waals surface area contributed by atoms with E-state index >= 15 is 0 Å². The Morgan fingerprint density at radius 1 is 0.810 bits per heavy atom. The summed E-state index contributed by atoms with van der Waals surface area (Å²) in [5.41, 5.74) is 1.26. The third-order valence-electron chi connectivity index (χ3n) is 3.96. The van der Waals surface area contributed by atoms with Crippen molar-refractivity contribution in [2.75, 3.05) is 4.90 Å². The normalized spacial score (nSPS) is 13.0. The van der Waals surface area contributed by atoms with Gasteiger partial charge >= 0.3 is 0 Å². The number of hydrogen-bond donors (Lipinski definition) is 1. The molecule has 1 nitrogen and oxygen atoms in total. The average Bonchev–Trinajstić information content (AvgIpc) is 2.45. The molecule has 0 saturated carbocycles. The molecule has 108 valence electrons. The second-order valence-corrected chi connectivity index (χ2v) is 6.58. The summed E-state index contributed by atoms with van der Waals surface area (Å²) in [4.78, 5) is 2.36. The molecule has 0 saturated heterocycles. The van der Waals surface area contributed by atoms with Crippen molar-refractivity contribution in [3.05, 3.63) is 54.6 Å². The van der Waals surface area contributed by atoms with Gasteiger partial charge in [-0.2, -0.15) is 12.6 Å². The van der Waals surface area contributed by atoms with Gasteiger partial charge in [0, 0.05) is 17.1 Å². The summed E-state index contributed by atoms with van der Waals surface area (Å²) >= 11 is 4.67. The Kier molecular flexibility index (Phi) is 3.81. The largest absolute Gasteiger partial charge is 0.357 e. The van der Waals surface area contributed by atoms with Crippen molar-refractivity contribution in [2.24, 2.45) is 0 Å². The molecule has 1 atom stereocenters. The Morgan fingerprint density at radius 3 is 2.05 bits per heavy atom. The van der Waals surface area contributed by atoms with Crippen LogP contribution in [0.5, 0.6) is 0 Å². The summed E-state index contributed by atoms with van der Waals surface area (Å²) in [5.74, 6) is 0. The number of hydrogen-bond acceptors (Lipinski definition) is 2. The number of anilines is 1. The highest BCUT2D eigenvalue weighted by Crippen LogP contribution is 2.33. The predicted octanol–water partition coefficient (Wildman–Crippen LogP) is 5.48. The first kappa shape index (κ1) is 14.3. The van der Waals surface area contributed by atoms with Crippen molar-refractivity contribution >= 4 is 39.9 Å². The molecule has 2 heteroatoms. The lowest BCUT2D eigenvalue weighted by molar-refractivity contribution is 0.684. The summed E-state index contributed by atoms with van der Waals surface area (Å²) in [6.07, 6.45) is 0. The highest BCUT2D eigenvalue weighted by molar-refractivity contribution is 7.81. The molecule has 0 aliphatic rings. The molecule has 0 spiro atoms. The zero-order valence-electron chi connectivity index (χ0n) is 12.7. The second-order valence-electron chi connectivity index (χ2n) is 5.83. The van der Waals surface area contributed by atoms with Crippen LogP contribution < -0.4 is 4.90 Å². The third-order valence-corrected chi connectivity index (χ3v) is 4.21. The van der Waals surface area contributed by atoms with Crippen LogP contribution in [-0.4, -0.2) is 11.4 Å². The molecule has 0 aliphatic heterocycles. The minimum absolute atomic E-state index is 0.182. The van der Waals surface area contributed by atoms with Gasteiger partial charge in [-0.1, -0.05) is 36.4 Å². The van der Waals surface area contributed by atoms with Crippen molar-refractivity contribution in [2.45, 2.75) is 32.2 Å². The fourth-order valence-electron chi connectivity index (χ4n) is 3.09. The Balaban J connectivity index is 2.30. The lowest BCUT2D eigenvalue weighted by Crippen LogP contribution is -2.35. The van der Waals surface area contributed by atoms with E-state index in [9.17, 15) is 0 Å². The lowest BCUT2D eigenvalue weighted by Gasteiger charge is -2.33. The third kappa shape index (κ3) is 2.60.